The Morgan fingerprint density at radius 3 is 1.68 bits per heavy atom. The molecule has 1 fully saturated rings. The predicted molar refractivity (Wildman–Crippen MR) is 300 cm³/mol. The van der Waals surface area contributed by atoms with Crippen LogP contribution in [0, 0.1) is 5.92 Å². The van der Waals surface area contributed by atoms with Crippen LogP contribution in [0.3, 0.4) is 0 Å². The molecule has 39 nitrogen and oxygen atoms in total. The Kier molecular flexibility index (Phi) is 30.8. The molecular formula is C51H73N15O24. The van der Waals surface area contributed by atoms with Crippen LogP contribution in [0.15, 0.2) is 24.3 Å². The molecule has 39 heteroatoms. The smallest absolute Gasteiger partial charge is 0.329 e. The highest BCUT2D eigenvalue weighted by Crippen LogP contribution is 2.17. The number of benzene rings is 1. The summed E-state index contributed by atoms with van der Waals surface area (Å²) in [4.78, 5) is 237. The number of Topliss-reactive ketones (excluding diaryl/α,β-unsaturated/α-hetero) is 1. The minimum atomic E-state index is -2.33. The quantitative estimate of drug-likeness (QED) is 0.0291. The van der Waals surface area contributed by atoms with Crippen molar-refractivity contribution in [2.45, 2.75) is 139 Å². The van der Waals surface area contributed by atoms with Crippen LogP contribution in [0.5, 0.6) is 0 Å². The molecule has 12 atom stereocenters. The first-order valence-corrected chi connectivity index (χ1v) is 27.2. The number of nitrogens with two attached hydrogens (primary N) is 4. The maximum absolute atomic E-state index is 14.4. The number of nitrogens with one attached hydrogen (secondary N) is 11. The average Bonchev–Trinajstić information content (AvgIpc) is 3.59. The number of carbonyl (C=O) groups is 18. The minimum Gasteiger partial charge on any atom is -0.481 e. The number of aliphatic carboxylic acids is 4. The van der Waals surface area contributed by atoms with Gasteiger partial charge in [0.25, 0.3) is 0 Å². The number of ether oxygens (including phenoxy) is 1. The fraction of sp³-hybridized carbons (Fsp3) is 0.529. The molecule has 0 unspecified atom stereocenters. The Morgan fingerprint density at radius 1 is 0.611 bits per heavy atom. The van der Waals surface area contributed by atoms with Crippen LogP contribution < -0.4 is 81.4 Å². The first-order chi connectivity index (χ1) is 42.1. The molecule has 0 radical (unpaired) electrons. The third-order valence-electron chi connectivity index (χ3n) is 12.8. The van der Waals surface area contributed by atoms with Crippen LogP contribution in [0.25, 0.3) is 0 Å². The Bertz CT molecular complexity index is 2910. The van der Waals surface area contributed by atoms with Gasteiger partial charge in [0, 0.05) is 17.7 Å². The van der Waals surface area contributed by atoms with E-state index in [1.54, 1.807) is 0 Å². The zero-order chi connectivity index (χ0) is 68.3. The normalized spacial score (nSPS) is 23.5. The number of para-hydroxylation sites is 1. The van der Waals surface area contributed by atoms with Gasteiger partial charge >= 0.3 is 29.8 Å². The van der Waals surface area contributed by atoms with E-state index >= 15 is 0 Å². The number of ketones is 1. The van der Waals surface area contributed by atoms with E-state index in [2.05, 4.69) is 31.9 Å². The molecule has 0 spiro atoms. The third-order valence-corrected chi connectivity index (χ3v) is 12.8. The lowest BCUT2D eigenvalue weighted by Gasteiger charge is -2.30. The Labute approximate surface area is 509 Å². The predicted octanol–water partition coefficient (Wildman–Crippen LogP) is -10.1. The maximum Gasteiger partial charge on any atom is 0.329 e. The van der Waals surface area contributed by atoms with E-state index in [9.17, 15) is 112 Å². The zero-order valence-electron chi connectivity index (χ0n) is 48.5. The Hall–Kier alpha value is -10.4. The van der Waals surface area contributed by atoms with Crippen LogP contribution in [0.4, 0.5) is 5.69 Å². The molecule has 1 aromatic carbocycles. The Morgan fingerprint density at radius 2 is 1.13 bits per heavy atom. The molecule has 24 N–H and O–H groups in total. The van der Waals surface area contributed by atoms with Crippen molar-refractivity contribution in [1.29, 1.82) is 0 Å². The monoisotopic (exact) mass is 1280 g/mol. The molecule has 0 aromatic heterocycles. The number of primary amides is 1. The standard InChI is InChI=1S/C51H73N15O24/c1-20(11-36(72)73)40-50(88)64-30(13-32(68)23-7-4-5-8-24(23)53)51(89)90-22(3)41(66-47(85)29(16-39(78)79)62-43(81)25(54)12-33(55)69)49(87)57-18-34(70)59-26(9-6-10-52)45(83)63-28(15-38(76)77)46(84)58-21(2)42(80)61-27(14-37(74)75)44(82)56-17-35(71)60-31(19-67)48(86)65-40/h4-5,7-8,20-22,25-31,40-41,67H,6,9-19,52-54H2,1-3H3,(H2,55,69)(H,56,82)(H,57,87)(H,58,84)(H,59,70)(H,60,71)(H,61,80)(H,62,81)(H,63,83)(H,64,88)(H,65,86)(H,66,85)(H,72,73)(H,74,75)(H,76,77)(H,78,79)/t20-,21-,22-,25-,26+,27+,28+,29+,30+,31-,40+,41+/m1/s1. The number of hydrogen-bond donors (Lipinski definition) is 20. The number of aliphatic hydroxyl groups is 1. The summed E-state index contributed by atoms with van der Waals surface area (Å²) in [6.07, 6.45) is -9.00. The summed E-state index contributed by atoms with van der Waals surface area (Å²) in [7, 11) is 0. The number of hydrogen-bond acceptors (Lipinski definition) is 23. The molecular weight excluding hydrogens is 1210 g/mol. The largest absolute Gasteiger partial charge is 0.481 e. The second-order valence-electron chi connectivity index (χ2n) is 20.2. The van der Waals surface area contributed by atoms with Crippen molar-refractivity contribution in [3.8, 4) is 0 Å². The van der Waals surface area contributed by atoms with E-state index in [0.717, 1.165) is 20.8 Å². The van der Waals surface area contributed by atoms with E-state index in [-0.39, 0.29) is 30.6 Å². The number of cyclic esters (lactones) is 1. The maximum atomic E-state index is 14.4. The molecule has 1 aliphatic rings. The zero-order valence-corrected chi connectivity index (χ0v) is 48.5. The highest BCUT2D eigenvalue weighted by molar-refractivity contribution is 6.05. The van der Waals surface area contributed by atoms with Crippen molar-refractivity contribution in [1.82, 2.24) is 58.5 Å². The number of nitrogen functional groups attached to an aromatic ring is 1. The van der Waals surface area contributed by atoms with Gasteiger partial charge in [0.1, 0.15) is 60.5 Å². The van der Waals surface area contributed by atoms with Gasteiger partial charge in [-0.05, 0) is 51.3 Å². The molecule has 0 aliphatic carbocycles. The van der Waals surface area contributed by atoms with Crippen molar-refractivity contribution in [2.24, 2.45) is 23.1 Å². The van der Waals surface area contributed by atoms with Crippen molar-refractivity contribution in [3.05, 3.63) is 29.8 Å². The summed E-state index contributed by atoms with van der Waals surface area (Å²) in [6.45, 7) is -0.775. The molecule has 1 saturated heterocycles. The highest BCUT2D eigenvalue weighted by atomic mass is 16.5. The van der Waals surface area contributed by atoms with Crippen LogP contribution in [-0.2, 0) is 86.2 Å². The summed E-state index contributed by atoms with van der Waals surface area (Å²) in [5, 5.41) is 71.5. The second-order valence-corrected chi connectivity index (χ2v) is 20.2. The van der Waals surface area contributed by atoms with Crippen LogP contribution >= 0.6 is 0 Å². The number of carboxylic acid groups (broad SMARTS) is 4. The van der Waals surface area contributed by atoms with Gasteiger partial charge in [-0.1, -0.05) is 19.1 Å². The van der Waals surface area contributed by atoms with Crippen LogP contribution in [0.1, 0.15) is 82.5 Å². The summed E-state index contributed by atoms with van der Waals surface area (Å²) >= 11 is 0. The SMILES string of the molecule is C[C@H](CC(=O)O)[C@@H]1NC(=O)[C@@H](CO)NC(=O)CNC(=O)[C@H](CC(=O)O)NC(=O)[C@@H](C)NC(=O)[C@H](CC(=O)O)NC(=O)[C@H](CCCN)NC(=O)CNC(=O)[C@@H](NC(=O)[C@H](CC(=O)O)NC(=O)[C@H](N)CC(N)=O)[C@@H](C)OC(=O)[C@H](CC(=O)c2ccccc2N)NC1=O. The van der Waals surface area contributed by atoms with Crippen molar-refractivity contribution >= 4 is 112 Å². The van der Waals surface area contributed by atoms with E-state index in [1.165, 1.54) is 24.3 Å². The van der Waals surface area contributed by atoms with Gasteiger partial charge in [0.05, 0.1) is 57.8 Å². The first-order valence-electron chi connectivity index (χ1n) is 27.2. The van der Waals surface area contributed by atoms with Crippen LogP contribution in [0.2, 0.25) is 0 Å². The lowest BCUT2D eigenvalue weighted by molar-refractivity contribution is -0.156. The van der Waals surface area contributed by atoms with Gasteiger partial charge < -0.3 is 112 Å². The molecule has 1 aromatic rings. The van der Waals surface area contributed by atoms with Gasteiger partial charge in [-0.3, -0.25) is 81.5 Å². The second kappa shape index (κ2) is 36.6. The molecule has 12 amide bonds. The number of amides is 12. The molecule has 1 aliphatic heterocycles. The van der Waals surface area contributed by atoms with E-state index in [1.807, 2.05) is 26.6 Å². The summed E-state index contributed by atoms with van der Waals surface area (Å²) in [5.41, 5.74) is 22.0. The molecule has 496 valence electrons. The summed E-state index contributed by atoms with van der Waals surface area (Å²) < 4.78 is 5.54. The average molecular weight is 1280 g/mol. The Balaban J connectivity index is 2.93. The third kappa shape index (κ3) is 25.9. The number of anilines is 1. The lowest BCUT2D eigenvalue weighted by Crippen LogP contribution is -2.61. The summed E-state index contributed by atoms with van der Waals surface area (Å²) in [6, 6.07) is -15.0. The fourth-order valence-electron chi connectivity index (χ4n) is 8.13. The lowest BCUT2D eigenvalue weighted by atomic mass is 9.96. The van der Waals surface area contributed by atoms with Crippen molar-refractivity contribution in [2.75, 3.05) is 32.0 Å². The molecule has 2 rings (SSSR count). The fourth-order valence-corrected chi connectivity index (χ4v) is 8.13. The van der Waals surface area contributed by atoms with Gasteiger partial charge in [-0.2, -0.15) is 0 Å². The van der Waals surface area contributed by atoms with Crippen LogP contribution in [-0.4, -0.2) is 225 Å². The number of esters is 1. The van der Waals surface area contributed by atoms with Crippen molar-refractivity contribution < 1.29 is 117 Å². The van der Waals surface area contributed by atoms with Gasteiger partial charge in [0.15, 0.2) is 5.78 Å². The topological polar surface area (TPSA) is 654 Å². The number of rotatable bonds is 22. The number of aliphatic hydroxyl groups excluding tert-OH is 1. The van der Waals surface area contributed by atoms with E-state index in [4.69, 9.17) is 27.7 Å². The highest BCUT2D eigenvalue weighted by Gasteiger charge is 2.40. The number of carbonyl (C=O) groups excluding carboxylic acids is 14. The van der Waals surface area contributed by atoms with Gasteiger partial charge in [-0.15, -0.1) is 0 Å². The molecule has 0 bridgehead atoms. The van der Waals surface area contributed by atoms with E-state index < -0.39 is 237 Å². The number of carboxylic acids is 4. The minimum absolute atomic E-state index is 0.0580. The summed E-state index contributed by atoms with van der Waals surface area (Å²) in [5.74, 6) is -27.2. The molecule has 1 heterocycles. The van der Waals surface area contributed by atoms with Crippen molar-refractivity contribution in [3.63, 3.8) is 0 Å². The van der Waals surface area contributed by atoms with Gasteiger partial charge in [-0.25, -0.2) is 4.79 Å². The molecule has 90 heavy (non-hydrogen) atoms. The van der Waals surface area contributed by atoms with Gasteiger partial charge in [0.2, 0.25) is 70.9 Å². The first kappa shape index (κ1) is 75.7. The molecule has 0 saturated carbocycles. The van der Waals surface area contributed by atoms with E-state index in [0.29, 0.717) is 0 Å².